The number of nitrogens with two attached hydrogens (primary N) is 1. The molecule has 19 heavy (non-hydrogen) atoms. The van der Waals surface area contributed by atoms with Gasteiger partial charge in [0.05, 0.1) is 25.5 Å². The van der Waals surface area contributed by atoms with E-state index in [-0.39, 0.29) is 0 Å². The SMILES string of the molecule is COCCN(CCn1cc(CN)nn1)C(C)COC. The molecule has 1 rings (SSSR count). The van der Waals surface area contributed by atoms with Gasteiger partial charge >= 0.3 is 0 Å². The predicted octanol–water partition coefficient (Wildman–Crippen LogP) is -0.280. The highest BCUT2D eigenvalue weighted by molar-refractivity contribution is 4.90. The smallest absolute Gasteiger partial charge is 0.0962 e. The molecule has 1 unspecified atom stereocenters. The molecule has 0 radical (unpaired) electrons. The Balaban J connectivity index is 2.46. The second kappa shape index (κ2) is 8.98. The van der Waals surface area contributed by atoms with Crippen molar-refractivity contribution in [2.45, 2.75) is 26.1 Å². The van der Waals surface area contributed by atoms with Gasteiger partial charge in [-0.25, -0.2) is 0 Å². The summed E-state index contributed by atoms with van der Waals surface area (Å²) in [5.41, 5.74) is 6.33. The maximum atomic E-state index is 5.51. The van der Waals surface area contributed by atoms with Crippen LogP contribution >= 0.6 is 0 Å². The molecule has 0 aliphatic carbocycles. The number of methoxy groups -OCH3 is 2. The molecule has 0 amide bonds. The summed E-state index contributed by atoms with van der Waals surface area (Å²) in [5.74, 6) is 0. The molecule has 0 aliphatic rings. The summed E-state index contributed by atoms with van der Waals surface area (Å²) >= 11 is 0. The quantitative estimate of drug-likeness (QED) is 0.630. The number of nitrogens with zero attached hydrogens (tertiary/aromatic N) is 4. The Morgan fingerprint density at radius 2 is 2.16 bits per heavy atom. The molecule has 1 aromatic rings. The van der Waals surface area contributed by atoms with E-state index in [1.807, 2.05) is 10.9 Å². The highest BCUT2D eigenvalue weighted by Crippen LogP contribution is 2.01. The molecule has 2 N–H and O–H groups in total. The molecular weight excluding hydrogens is 246 g/mol. The summed E-state index contributed by atoms with van der Waals surface area (Å²) < 4.78 is 12.2. The van der Waals surface area contributed by atoms with Crippen LogP contribution in [0.25, 0.3) is 0 Å². The average Bonchev–Trinajstić information content (AvgIpc) is 2.87. The highest BCUT2D eigenvalue weighted by atomic mass is 16.5. The van der Waals surface area contributed by atoms with Gasteiger partial charge in [-0.2, -0.15) is 0 Å². The van der Waals surface area contributed by atoms with Gasteiger partial charge < -0.3 is 15.2 Å². The first kappa shape index (κ1) is 16.0. The molecule has 0 saturated carbocycles. The highest BCUT2D eigenvalue weighted by Gasteiger charge is 2.13. The lowest BCUT2D eigenvalue weighted by molar-refractivity contribution is 0.0722. The van der Waals surface area contributed by atoms with Crippen LogP contribution in [0.2, 0.25) is 0 Å². The zero-order chi connectivity index (χ0) is 14.1. The molecular formula is C12H25N5O2. The molecule has 0 fully saturated rings. The van der Waals surface area contributed by atoms with Crippen LogP contribution in [0.3, 0.4) is 0 Å². The van der Waals surface area contributed by atoms with Crippen LogP contribution in [0.1, 0.15) is 12.6 Å². The van der Waals surface area contributed by atoms with Crippen molar-refractivity contribution in [3.05, 3.63) is 11.9 Å². The Kier molecular flexibility index (Phi) is 7.57. The maximum Gasteiger partial charge on any atom is 0.0962 e. The van der Waals surface area contributed by atoms with Gasteiger partial charge in [-0.15, -0.1) is 5.10 Å². The standard InChI is InChI=1S/C12H25N5O2/c1-11(10-19-3)16(6-7-18-2)4-5-17-9-12(8-13)14-15-17/h9,11H,4-8,10,13H2,1-3H3. The van der Waals surface area contributed by atoms with E-state index in [4.69, 9.17) is 15.2 Å². The van der Waals surface area contributed by atoms with E-state index < -0.39 is 0 Å². The van der Waals surface area contributed by atoms with Crippen molar-refractivity contribution in [2.75, 3.05) is 40.5 Å². The summed E-state index contributed by atoms with van der Waals surface area (Å²) in [6.07, 6.45) is 1.88. The molecule has 7 heteroatoms. The van der Waals surface area contributed by atoms with Crippen LogP contribution in [0.5, 0.6) is 0 Å². The molecule has 110 valence electrons. The van der Waals surface area contributed by atoms with E-state index in [1.54, 1.807) is 14.2 Å². The van der Waals surface area contributed by atoms with Gasteiger partial charge in [-0.3, -0.25) is 9.58 Å². The predicted molar refractivity (Wildman–Crippen MR) is 72.7 cm³/mol. The second-order valence-electron chi connectivity index (χ2n) is 4.51. The van der Waals surface area contributed by atoms with E-state index in [1.165, 1.54) is 0 Å². The fourth-order valence-corrected chi connectivity index (χ4v) is 1.88. The summed E-state index contributed by atoms with van der Waals surface area (Å²) in [5, 5.41) is 8.02. The molecule has 0 bridgehead atoms. The lowest BCUT2D eigenvalue weighted by Crippen LogP contribution is -2.40. The van der Waals surface area contributed by atoms with Crippen molar-refractivity contribution in [3.63, 3.8) is 0 Å². The Labute approximate surface area is 114 Å². The van der Waals surface area contributed by atoms with Crippen LogP contribution in [-0.2, 0) is 22.6 Å². The summed E-state index contributed by atoms with van der Waals surface area (Å²) in [7, 11) is 3.43. The minimum Gasteiger partial charge on any atom is -0.383 e. The monoisotopic (exact) mass is 271 g/mol. The van der Waals surface area contributed by atoms with Gasteiger partial charge in [0.15, 0.2) is 0 Å². The molecule has 0 aliphatic heterocycles. The third-order valence-electron chi connectivity index (χ3n) is 3.03. The van der Waals surface area contributed by atoms with Crippen LogP contribution in [0.15, 0.2) is 6.20 Å². The van der Waals surface area contributed by atoms with Crippen molar-refractivity contribution >= 4 is 0 Å². The summed E-state index contributed by atoms with van der Waals surface area (Å²) in [6.45, 7) is 6.51. The van der Waals surface area contributed by atoms with Gasteiger partial charge in [0.1, 0.15) is 0 Å². The van der Waals surface area contributed by atoms with E-state index in [2.05, 4.69) is 22.1 Å². The van der Waals surface area contributed by atoms with Crippen molar-refractivity contribution in [2.24, 2.45) is 5.73 Å². The zero-order valence-electron chi connectivity index (χ0n) is 12.1. The Bertz CT molecular complexity index is 345. The van der Waals surface area contributed by atoms with Crippen LogP contribution in [0, 0.1) is 0 Å². The Hall–Kier alpha value is -1.02. The fraction of sp³-hybridized carbons (Fsp3) is 0.833. The third-order valence-corrected chi connectivity index (χ3v) is 3.03. The van der Waals surface area contributed by atoms with Crippen molar-refractivity contribution in [1.29, 1.82) is 0 Å². The van der Waals surface area contributed by atoms with Crippen molar-refractivity contribution < 1.29 is 9.47 Å². The molecule has 1 heterocycles. The van der Waals surface area contributed by atoms with E-state index in [9.17, 15) is 0 Å². The van der Waals surface area contributed by atoms with Crippen LogP contribution in [0.4, 0.5) is 0 Å². The normalized spacial score (nSPS) is 13.1. The van der Waals surface area contributed by atoms with Crippen LogP contribution < -0.4 is 5.73 Å². The van der Waals surface area contributed by atoms with Gasteiger partial charge in [0.2, 0.25) is 0 Å². The zero-order valence-corrected chi connectivity index (χ0v) is 12.1. The van der Waals surface area contributed by atoms with Gasteiger partial charge in [-0.1, -0.05) is 5.21 Å². The number of aromatic nitrogens is 3. The van der Waals surface area contributed by atoms with Gasteiger partial charge in [-0.05, 0) is 6.92 Å². The first-order chi connectivity index (χ1) is 9.21. The summed E-state index contributed by atoms with van der Waals surface area (Å²) in [6, 6.07) is 0.345. The van der Waals surface area contributed by atoms with Crippen molar-refractivity contribution in [3.8, 4) is 0 Å². The Morgan fingerprint density at radius 1 is 1.37 bits per heavy atom. The minimum absolute atomic E-state index is 0.345. The van der Waals surface area contributed by atoms with Gasteiger partial charge in [0.25, 0.3) is 0 Å². The second-order valence-corrected chi connectivity index (χ2v) is 4.51. The molecule has 1 atom stereocenters. The topological polar surface area (TPSA) is 78.4 Å². The molecule has 0 aromatic carbocycles. The Morgan fingerprint density at radius 3 is 2.74 bits per heavy atom. The number of hydrogen-bond donors (Lipinski definition) is 1. The van der Waals surface area contributed by atoms with Gasteiger partial charge in [0, 0.05) is 46.1 Å². The molecule has 7 nitrogen and oxygen atoms in total. The van der Waals surface area contributed by atoms with E-state index in [0.717, 1.165) is 25.3 Å². The molecule has 0 spiro atoms. The van der Waals surface area contributed by atoms with E-state index in [0.29, 0.717) is 25.8 Å². The van der Waals surface area contributed by atoms with E-state index >= 15 is 0 Å². The number of rotatable bonds is 10. The molecule has 1 aromatic heterocycles. The third kappa shape index (κ3) is 5.65. The summed E-state index contributed by atoms with van der Waals surface area (Å²) in [4.78, 5) is 2.32. The fourth-order valence-electron chi connectivity index (χ4n) is 1.88. The molecule has 0 saturated heterocycles. The minimum atomic E-state index is 0.345. The van der Waals surface area contributed by atoms with Crippen molar-refractivity contribution in [1.82, 2.24) is 19.9 Å². The van der Waals surface area contributed by atoms with Crippen LogP contribution in [-0.4, -0.2) is 66.5 Å². The average molecular weight is 271 g/mol. The lowest BCUT2D eigenvalue weighted by Gasteiger charge is -2.28. The largest absolute Gasteiger partial charge is 0.383 e. The maximum absolute atomic E-state index is 5.51. The lowest BCUT2D eigenvalue weighted by atomic mass is 10.3. The number of hydrogen-bond acceptors (Lipinski definition) is 6. The first-order valence-electron chi connectivity index (χ1n) is 6.52. The first-order valence-corrected chi connectivity index (χ1v) is 6.52. The number of ether oxygens (including phenoxy) is 2.